The highest BCUT2D eigenvalue weighted by Gasteiger charge is 2.45. The Hall–Kier alpha value is -9.50. The molecular formula is C85H70N2. The van der Waals surface area contributed by atoms with Gasteiger partial charge in [0.05, 0.1) is 22.7 Å². The van der Waals surface area contributed by atoms with Gasteiger partial charge in [0, 0.05) is 38.4 Å². The van der Waals surface area contributed by atoms with E-state index >= 15 is 0 Å². The molecule has 0 saturated heterocycles. The fraction of sp³-hybridized carbons (Fsp3) is 0.176. The van der Waals surface area contributed by atoms with Crippen LogP contribution in [0.3, 0.4) is 0 Å². The number of anilines is 6. The van der Waals surface area contributed by atoms with Crippen LogP contribution in [-0.2, 0) is 27.1 Å². The SMILES string of the molecule is CC1(C)c2cc(/C=C/c3ccc4c(c3)C(C)(C)c3cc5c(cc3-4)C(C)(C)c3ccccc3N5c3ccc4ccccc4c3)ccc2-c2ccc(-c3ccc4c(c3)C(C)(C)c3cc5c(cc3-4)C(C)(C)c3ccccc3N5c3ccc4ccccc4c3)cc21. The van der Waals surface area contributed by atoms with Gasteiger partial charge in [-0.1, -0.05) is 239 Å². The highest BCUT2D eigenvalue weighted by Crippen LogP contribution is 2.61. The Morgan fingerprint density at radius 2 is 0.563 bits per heavy atom. The lowest BCUT2D eigenvalue weighted by molar-refractivity contribution is 0.627. The minimum Gasteiger partial charge on any atom is -0.310 e. The summed E-state index contributed by atoms with van der Waals surface area (Å²) in [7, 11) is 0. The van der Waals surface area contributed by atoms with Crippen molar-refractivity contribution in [3.63, 3.8) is 0 Å². The minimum absolute atomic E-state index is 0.181. The molecule has 0 radical (unpaired) electrons. The van der Waals surface area contributed by atoms with E-state index in [1.165, 1.54) is 167 Å². The van der Waals surface area contributed by atoms with Crippen molar-refractivity contribution in [1.82, 2.24) is 0 Å². The predicted molar refractivity (Wildman–Crippen MR) is 369 cm³/mol. The quantitative estimate of drug-likeness (QED) is 0.159. The topological polar surface area (TPSA) is 6.48 Å². The van der Waals surface area contributed by atoms with Crippen LogP contribution in [0.15, 0.2) is 231 Å². The lowest BCUT2D eigenvalue weighted by Crippen LogP contribution is -2.31. The molecule has 2 nitrogen and oxygen atoms in total. The Kier molecular flexibility index (Phi) is 10.6. The molecular weight excluding hydrogens is 1050 g/mol. The molecule has 5 aliphatic rings. The molecule has 2 aliphatic heterocycles. The third-order valence-corrected chi connectivity index (χ3v) is 21.6. The van der Waals surface area contributed by atoms with Crippen molar-refractivity contribution in [3.05, 3.63) is 297 Å². The lowest BCUT2D eigenvalue weighted by Gasteiger charge is -2.43. The first-order chi connectivity index (χ1) is 41.9. The van der Waals surface area contributed by atoms with Gasteiger partial charge in [0.1, 0.15) is 0 Å². The molecule has 2 heteroatoms. The predicted octanol–water partition coefficient (Wildman–Crippen LogP) is 23.0. The molecule has 0 unspecified atom stereocenters. The first-order valence-corrected chi connectivity index (χ1v) is 31.3. The van der Waals surface area contributed by atoms with E-state index in [1.54, 1.807) is 0 Å². The van der Waals surface area contributed by atoms with Gasteiger partial charge >= 0.3 is 0 Å². The normalized spacial score (nSPS) is 16.8. The van der Waals surface area contributed by atoms with Gasteiger partial charge in [0.25, 0.3) is 0 Å². The van der Waals surface area contributed by atoms with E-state index in [4.69, 9.17) is 0 Å². The first-order valence-electron chi connectivity index (χ1n) is 31.3. The Balaban J connectivity index is 0.669. The smallest absolute Gasteiger partial charge is 0.0506 e. The Bertz CT molecular complexity index is 5030. The monoisotopic (exact) mass is 1120 g/mol. The molecule has 0 N–H and O–H groups in total. The van der Waals surface area contributed by atoms with Crippen LogP contribution in [0.4, 0.5) is 34.1 Å². The van der Waals surface area contributed by atoms with Crippen molar-refractivity contribution in [2.45, 2.75) is 96.3 Å². The number of hydrogen-bond acceptors (Lipinski definition) is 2. The van der Waals surface area contributed by atoms with Gasteiger partial charge in [-0.25, -0.2) is 0 Å². The van der Waals surface area contributed by atoms with Gasteiger partial charge in [0.2, 0.25) is 0 Å². The number of para-hydroxylation sites is 2. The summed E-state index contributed by atoms with van der Waals surface area (Å²) in [5.74, 6) is 0. The molecule has 0 amide bonds. The summed E-state index contributed by atoms with van der Waals surface area (Å²) in [4.78, 5) is 5.04. The summed E-state index contributed by atoms with van der Waals surface area (Å²) in [6.07, 6.45) is 4.65. The third kappa shape index (κ3) is 7.28. The van der Waals surface area contributed by atoms with Crippen LogP contribution in [-0.4, -0.2) is 0 Å². The molecule has 12 aromatic carbocycles. The van der Waals surface area contributed by atoms with Crippen molar-refractivity contribution in [3.8, 4) is 44.5 Å². The van der Waals surface area contributed by atoms with Gasteiger partial charge in [-0.2, -0.15) is 0 Å². The van der Waals surface area contributed by atoms with Crippen LogP contribution in [0.2, 0.25) is 0 Å². The molecule has 87 heavy (non-hydrogen) atoms. The zero-order valence-electron chi connectivity index (χ0n) is 51.5. The molecule has 0 spiro atoms. The van der Waals surface area contributed by atoms with Crippen molar-refractivity contribution in [1.29, 1.82) is 0 Å². The second-order valence-corrected chi connectivity index (χ2v) is 28.2. The molecule has 0 aromatic heterocycles. The standard InChI is InChI=1S/C85H70N2/c1-81(2)67-23-15-17-25-77(67)86(59-35-31-53-19-11-13-21-55(53)43-59)79-49-73-65(47-75(79)81)63-38-30-52(42-70(63)84(73,7)8)28-27-51-29-37-61-62-39-33-57(45-71(62)83(5,6)69(61)41-51)58-34-40-64-66-48-76-80(50-74(66)85(9,10)72(64)46-58)87(78-26-18-16-24-68(78)82(76,3)4)60-36-32-54-20-12-14-22-56(54)44-60/h11-50H,1-10H3/b28-27+. The summed E-state index contributed by atoms with van der Waals surface area (Å²) in [6, 6.07) is 88.2. The van der Waals surface area contributed by atoms with E-state index < -0.39 is 0 Å². The fourth-order valence-corrected chi connectivity index (χ4v) is 16.6. The molecule has 420 valence electrons. The molecule has 3 aliphatic carbocycles. The van der Waals surface area contributed by atoms with Gasteiger partial charge in [-0.15, -0.1) is 0 Å². The molecule has 0 bridgehead atoms. The second-order valence-electron chi connectivity index (χ2n) is 28.2. The van der Waals surface area contributed by atoms with Gasteiger partial charge < -0.3 is 9.80 Å². The summed E-state index contributed by atoms with van der Waals surface area (Å²) >= 11 is 0. The molecule has 0 saturated carbocycles. The van der Waals surface area contributed by atoms with Crippen molar-refractivity contribution < 1.29 is 0 Å². The summed E-state index contributed by atoms with van der Waals surface area (Å²) in [5, 5.41) is 5.01. The van der Waals surface area contributed by atoms with Gasteiger partial charge in [-0.3, -0.25) is 0 Å². The van der Waals surface area contributed by atoms with E-state index in [0.717, 1.165) is 0 Å². The molecule has 0 fully saturated rings. The molecule has 17 rings (SSSR count). The number of rotatable bonds is 5. The number of benzene rings is 12. The second kappa shape index (κ2) is 17.8. The van der Waals surface area contributed by atoms with Crippen LogP contribution in [0.1, 0.15) is 136 Å². The van der Waals surface area contributed by atoms with Gasteiger partial charge in [0.15, 0.2) is 0 Å². The number of nitrogens with zero attached hydrogens (tertiary/aromatic N) is 2. The first kappa shape index (κ1) is 51.9. The zero-order chi connectivity index (χ0) is 59.3. The zero-order valence-corrected chi connectivity index (χ0v) is 51.5. The highest BCUT2D eigenvalue weighted by molar-refractivity contribution is 5.98. The lowest BCUT2D eigenvalue weighted by atomic mass is 9.71. The van der Waals surface area contributed by atoms with E-state index in [-0.39, 0.29) is 27.1 Å². The summed E-state index contributed by atoms with van der Waals surface area (Å²) in [6.45, 7) is 24.1. The maximum absolute atomic E-state index is 2.54. The Morgan fingerprint density at radius 3 is 0.989 bits per heavy atom. The van der Waals surface area contributed by atoms with E-state index in [2.05, 4.69) is 322 Å². The number of fused-ring (bicyclic) bond motifs is 15. The fourth-order valence-electron chi connectivity index (χ4n) is 16.6. The van der Waals surface area contributed by atoms with Crippen LogP contribution in [0.25, 0.3) is 78.2 Å². The van der Waals surface area contributed by atoms with Crippen molar-refractivity contribution in [2.75, 3.05) is 9.80 Å². The van der Waals surface area contributed by atoms with Crippen LogP contribution in [0.5, 0.6) is 0 Å². The average Bonchev–Trinajstić information content (AvgIpc) is 1.70. The third-order valence-electron chi connectivity index (χ3n) is 21.6. The summed E-state index contributed by atoms with van der Waals surface area (Å²) in [5.41, 5.74) is 33.2. The molecule has 12 aromatic rings. The van der Waals surface area contributed by atoms with E-state index in [0.29, 0.717) is 0 Å². The van der Waals surface area contributed by atoms with E-state index in [9.17, 15) is 0 Å². The Labute approximate surface area is 512 Å². The maximum Gasteiger partial charge on any atom is 0.0506 e. The summed E-state index contributed by atoms with van der Waals surface area (Å²) < 4.78 is 0. The maximum atomic E-state index is 2.54. The van der Waals surface area contributed by atoms with Gasteiger partial charge in [-0.05, 0) is 206 Å². The van der Waals surface area contributed by atoms with Crippen LogP contribution in [0, 0.1) is 0 Å². The molecule has 2 heterocycles. The number of hydrogen-bond donors (Lipinski definition) is 0. The average molecular weight is 1120 g/mol. The van der Waals surface area contributed by atoms with Crippen molar-refractivity contribution >= 4 is 67.8 Å². The van der Waals surface area contributed by atoms with Crippen LogP contribution >= 0.6 is 0 Å². The largest absolute Gasteiger partial charge is 0.310 e. The minimum atomic E-state index is -0.213. The Morgan fingerprint density at radius 1 is 0.230 bits per heavy atom. The molecule has 0 atom stereocenters. The van der Waals surface area contributed by atoms with Crippen molar-refractivity contribution in [2.24, 2.45) is 0 Å². The van der Waals surface area contributed by atoms with Crippen LogP contribution < -0.4 is 9.80 Å². The highest BCUT2D eigenvalue weighted by atomic mass is 15.2. The van der Waals surface area contributed by atoms with E-state index in [1.807, 2.05) is 0 Å².